The normalized spacial score (nSPS) is 25.7. The highest BCUT2D eigenvalue weighted by molar-refractivity contribution is 7.18. The highest BCUT2D eigenvalue weighted by Gasteiger charge is 2.64. The third kappa shape index (κ3) is 2.99. The van der Waals surface area contributed by atoms with Crippen LogP contribution >= 0.6 is 11.3 Å². The molecule has 0 saturated heterocycles. The quantitative estimate of drug-likeness (QED) is 0.595. The molecule has 1 amide bonds. The topological polar surface area (TPSA) is 101 Å². The lowest BCUT2D eigenvalue weighted by atomic mass is 10.0. The first-order valence-electron chi connectivity index (χ1n) is 11.9. The van der Waals surface area contributed by atoms with E-state index >= 15 is 0 Å². The van der Waals surface area contributed by atoms with Crippen molar-refractivity contribution >= 4 is 34.0 Å². The van der Waals surface area contributed by atoms with Crippen molar-refractivity contribution < 1.29 is 4.79 Å². The Balaban J connectivity index is 1.24. The molecule has 1 aliphatic heterocycles. The number of rotatable bonds is 5. The highest BCUT2D eigenvalue weighted by Crippen LogP contribution is 2.61. The third-order valence-electron chi connectivity index (χ3n) is 7.54. The maximum Gasteiger partial charge on any atom is 0.261 e. The zero-order chi connectivity index (χ0) is 22.2. The number of nitrogens with zero attached hydrogens (tertiary/aromatic N) is 6. The van der Waals surface area contributed by atoms with E-state index in [2.05, 4.69) is 42.2 Å². The highest BCUT2D eigenvalue weighted by atomic mass is 32.1. The van der Waals surface area contributed by atoms with Gasteiger partial charge >= 0.3 is 0 Å². The SMILES string of the molecule is CC1C[C@]12c1nncn1-c1cnc(Nc3ccc(C(=O)NC4CC4)s3)nc1N2C1CCCC1. The molecular formula is C23H26N8OS. The largest absolute Gasteiger partial charge is 0.349 e. The van der Waals surface area contributed by atoms with E-state index in [9.17, 15) is 4.79 Å². The molecule has 9 nitrogen and oxygen atoms in total. The fourth-order valence-electron chi connectivity index (χ4n) is 5.62. The summed E-state index contributed by atoms with van der Waals surface area (Å²) < 4.78 is 2.07. The summed E-state index contributed by atoms with van der Waals surface area (Å²) in [6.45, 7) is 2.30. The average Bonchev–Trinajstić information content (AvgIpc) is 3.44. The number of carbonyl (C=O) groups excluding carboxylic acids is 1. The number of hydrogen-bond acceptors (Lipinski definition) is 8. The van der Waals surface area contributed by atoms with Crippen LogP contribution in [0.25, 0.3) is 5.69 Å². The predicted molar refractivity (Wildman–Crippen MR) is 125 cm³/mol. The number of hydrogen-bond donors (Lipinski definition) is 2. The Morgan fingerprint density at radius 1 is 1.21 bits per heavy atom. The molecule has 1 unspecified atom stereocenters. The maximum absolute atomic E-state index is 12.4. The Labute approximate surface area is 195 Å². The molecule has 1 spiro atoms. The van der Waals surface area contributed by atoms with Crippen LogP contribution in [0.2, 0.25) is 0 Å². The van der Waals surface area contributed by atoms with Gasteiger partial charge in [0.05, 0.1) is 16.1 Å². The summed E-state index contributed by atoms with van der Waals surface area (Å²) in [6, 6.07) is 4.59. The second-order valence-electron chi connectivity index (χ2n) is 9.80. The van der Waals surface area contributed by atoms with Gasteiger partial charge in [0, 0.05) is 12.1 Å². The van der Waals surface area contributed by atoms with Crippen molar-refractivity contribution in [3.8, 4) is 5.69 Å². The lowest BCUT2D eigenvalue weighted by molar-refractivity contribution is 0.0955. The van der Waals surface area contributed by atoms with Gasteiger partial charge in [0.2, 0.25) is 5.95 Å². The fourth-order valence-corrected chi connectivity index (χ4v) is 6.42. The standard InChI is InChI=1S/C23H26N8OS/c1-13-10-23(13)21-29-25-12-30(21)16-11-24-22(28-19(16)31(23)15-4-2-3-5-15)27-18-9-8-17(33-18)20(32)26-14-6-7-14/h8-9,11-15H,2-7,10H2,1H3,(H,26,32)(H,24,27,28)/t13?,23-/m1/s1. The molecule has 3 saturated carbocycles. The molecular weight excluding hydrogens is 436 g/mol. The van der Waals surface area contributed by atoms with Crippen molar-refractivity contribution in [2.75, 3.05) is 10.2 Å². The van der Waals surface area contributed by atoms with Crippen molar-refractivity contribution in [3.05, 3.63) is 35.4 Å². The van der Waals surface area contributed by atoms with Crippen LogP contribution in [-0.2, 0) is 5.54 Å². The number of aromatic nitrogens is 5. The first-order valence-corrected chi connectivity index (χ1v) is 12.7. The lowest BCUT2D eigenvalue weighted by Crippen LogP contribution is -2.48. The Bertz CT molecular complexity index is 1240. The first-order chi connectivity index (χ1) is 16.1. The van der Waals surface area contributed by atoms with Crippen LogP contribution in [0.4, 0.5) is 16.8 Å². The van der Waals surface area contributed by atoms with Gasteiger partial charge in [-0.2, -0.15) is 4.98 Å². The van der Waals surface area contributed by atoms with Crippen molar-refractivity contribution in [3.63, 3.8) is 0 Å². The molecule has 4 aliphatic rings. The molecule has 33 heavy (non-hydrogen) atoms. The molecule has 3 fully saturated rings. The van der Waals surface area contributed by atoms with Crippen LogP contribution in [0.3, 0.4) is 0 Å². The molecule has 0 aromatic carbocycles. The van der Waals surface area contributed by atoms with E-state index < -0.39 is 0 Å². The van der Waals surface area contributed by atoms with Gasteiger partial charge < -0.3 is 15.5 Å². The number of amides is 1. The molecule has 0 bridgehead atoms. The summed E-state index contributed by atoms with van der Waals surface area (Å²) in [5.74, 6) is 3.03. The van der Waals surface area contributed by atoms with Crippen LogP contribution in [0.5, 0.6) is 0 Å². The Morgan fingerprint density at radius 3 is 2.79 bits per heavy atom. The molecule has 2 N–H and O–H groups in total. The van der Waals surface area contributed by atoms with Gasteiger partial charge in [-0.1, -0.05) is 19.8 Å². The molecule has 0 radical (unpaired) electrons. The molecule has 3 aromatic heterocycles. The number of anilines is 3. The second-order valence-corrected chi connectivity index (χ2v) is 10.9. The van der Waals surface area contributed by atoms with Gasteiger partial charge in [0.25, 0.3) is 5.91 Å². The third-order valence-corrected chi connectivity index (χ3v) is 8.54. The van der Waals surface area contributed by atoms with Crippen LogP contribution in [0.15, 0.2) is 24.7 Å². The van der Waals surface area contributed by atoms with Crippen molar-refractivity contribution in [2.45, 2.75) is 69.5 Å². The van der Waals surface area contributed by atoms with E-state index in [-0.39, 0.29) is 11.4 Å². The van der Waals surface area contributed by atoms with E-state index in [1.54, 1.807) is 6.33 Å². The minimum absolute atomic E-state index is 0.000817. The van der Waals surface area contributed by atoms with Gasteiger partial charge in [-0.25, -0.2) is 4.98 Å². The van der Waals surface area contributed by atoms with E-state index in [0.29, 0.717) is 28.8 Å². The predicted octanol–water partition coefficient (Wildman–Crippen LogP) is 3.75. The molecule has 3 aromatic rings. The number of nitrogens with one attached hydrogen (secondary N) is 2. The van der Waals surface area contributed by atoms with Crippen molar-refractivity contribution in [2.24, 2.45) is 5.92 Å². The van der Waals surface area contributed by atoms with E-state index in [4.69, 9.17) is 4.98 Å². The fraction of sp³-hybridized carbons (Fsp3) is 0.522. The summed E-state index contributed by atoms with van der Waals surface area (Å²) in [4.78, 5) is 25.2. The Morgan fingerprint density at radius 2 is 2.03 bits per heavy atom. The van der Waals surface area contributed by atoms with E-state index in [1.807, 2.05) is 18.3 Å². The summed E-state index contributed by atoms with van der Waals surface area (Å²) >= 11 is 1.43. The average molecular weight is 463 g/mol. The molecule has 170 valence electrons. The summed E-state index contributed by atoms with van der Waals surface area (Å²) in [7, 11) is 0. The first kappa shape index (κ1) is 19.5. The number of carbonyl (C=O) groups is 1. The van der Waals surface area contributed by atoms with Crippen LogP contribution in [-0.4, -0.2) is 42.7 Å². The lowest BCUT2D eigenvalue weighted by Gasteiger charge is -2.42. The van der Waals surface area contributed by atoms with Gasteiger partial charge in [-0.05, 0) is 50.2 Å². The Hall–Kier alpha value is -3.01. The molecule has 10 heteroatoms. The van der Waals surface area contributed by atoms with E-state index in [0.717, 1.165) is 41.6 Å². The molecule has 4 heterocycles. The van der Waals surface area contributed by atoms with E-state index in [1.165, 1.54) is 37.0 Å². The monoisotopic (exact) mass is 462 g/mol. The molecule has 3 aliphatic carbocycles. The van der Waals surface area contributed by atoms with Gasteiger partial charge in [-0.3, -0.25) is 9.36 Å². The minimum atomic E-state index is -0.124. The van der Waals surface area contributed by atoms with Gasteiger partial charge in [0.15, 0.2) is 11.6 Å². The van der Waals surface area contributed by atoms with Crippen LogP contribution < -0.4 is 15.5 Å². The molecule has 2 atom stereocenters. The summed E-state index contributed by atoms with van der Waals surface area (Å²) in [5, 5.41) is 16.0. The zero-order valence-electron chi connectivity index (χ0n) is 18.5. The van der Waals surface area contributed by atoms with Crippen LogP contribution in [0.1, 0.15) is 67.4 Å². The number of fused-ring (bicyclic) bond motifs is 4. The summed E-state index contributed by atoms with van der Waals surface area (Å²) in [5.41, 5.74) is 0.814. The van der Waals surface area contributed by atoms with Gasteiger partial charge in [-0.15, -0.1) is 21.5 Å². The zero-order valence-corrected chi connectivity index (χ0v) is 19.3. The van der Waals surface area contributed by atoms with Crippen LogP contribution in [0, 0.1) is 5.92 Å². The smallest absolute Gasteiger partial charge is 0.261 e. The molecule has 7 rings (SSSR count). The summed E-state index contributed by atoms with van der Waals surface area (Å²) in [6.07, 6.45) is 11.8. The Kier molecular flexibility index (Phi) is 4.12. The van der Waals surface area contributed by atoms with Gasteiger partial charge in [0.1, 0.15) is 17.6 Å². The van der Waals surface area contributed by atoms with Crippen molar-refractivity contribution in [1.82, 2.24) is 30.0 Å². The van der Waals surface area contributed by atoms with Crippen molar-refractivity contribution in [1.29, 1.82) is 0 Å². The number of thiophene rings is 1. The maximum atomic E-state index is 12.4. The second kappa shape index (κ2) is 6.99. The minimum Gasteiger partial charge on any atom is -0.349 e.